The van der Waals surface area contributed by atoms with E-state index in [9.17, 15) is 5.11 Å². The maximum atomic E-state index is 10.1. The Morgan fingerprint density at radius 3 is 2.60 bits per heavy atom. The highest BCUT2D eigenvalue weighted by Gasteiger charge is 2.18. The normalized spacial score (nSPS) is 12.4. The number of nitrogens with zero attached hydrogens (tertiary/aromatic N) is 2. The lowest BCUT2D eigenvalue weighted by atomic mass is 10.1. The SMILES string of the molecule is CCc1cc(CC)n(-c2cccc(OC)c2C(C)O)n1. The van der Waals surface area contributed by atoms with Gasteiger partial charge in [0.25, 0.3) is 0 Å². The van der Waals surface area contributed by atoms with E-state index in [-0.39, 0.29) is 0 Å². The smallest absolute Gasteiger partial charge is 0.126 e. The lowest BCUT2D eigenvalue weighted by Crippen LogP contribution is -2.08. The van der Waals surface area contributed by atoms with E-state index in [4.69, 9.17) is 4.74 Å². The number of aliphatic hydroxyl groups excluding tert-OH is 1. The van der Waals surface area contributed by atoms with Crippen molar-refractivity contribution < 1.29 is 9.84 Å². The molecule has 1 heterocycles. The minimum Gasteiger partial charge on any atom is -0.496 e. The number of aromatic nitrogens is 2. The van der Waals surface area contributed by atoms with E-state index in [1.54, 1.807) is 14.0 Å². The molecule has 4 nitrogen and oxygen atoms in total. The van der Waals surface area contributed by atoms with Crippen LogP contribution in [-0.4, -0.2) is 22.0 Å². The zero-order chi connectivity index (χ0) is 14.7. The standard InChI is InChI=1S/C16H22N2O2/c1-5-12-10-13(6-2)18(17-12)14-8-7-9-15(20-4)16(14)11(3)19/h7-11,19H,5-6H2,1-4H3. The van der Waals surface area contributed by atoms with Crippen LogP contribution in [0.2, 0.25) is 0 Å². The van der Waals surface area contributed by atoms with Crippen LogP contribution in [0, 0.1) is 0 Å². The van der Waals surface area contributed by atoms with Crippen LogP contribution in [0.3, 0.4) is 0 Å². The van der Waals surface area contributed by atoms with E-state index in [0.29, 0.717) is 5.75 Å². The molecule has 108 valence electrons. The van der Waals surface area contributed by atoms with Crippen molar-refractivity contribution in [3.63, 3.8) is 0 Å². The molecule has 1 aromatic heterocycles. The molecular weight excluding hydrogens is 252 g/mol. The Morgan fingerprint density at radius 1 is 1.30 bits per heavy atom. The number of benzene rings is 1. The maximum Gasteiger partial charge on any atom is 0.126 e. The van der Waals surface area contributed by atoms with Crippen LogP contribution in [0.15, 0.2) is 24.3 Å². The van der Waals surface area contributed by atoms with Crippen molar-refractivity contribution >= 4 is 0 Å². The van der Waals surface area contributed by atoms with Crippen LogP contribution in [0.25, 0.3) is 5.69 Å². The molecule has 0 aliphatic heterocycles. The van der Waals surface area contributed by atoms with Gasteiger partial charge in [-0.2, -0.15) is 5.10 Å². The minimum atomic E-state index is -0.611. The second kappa shape index (κ2) is 6.09. The van der Waals surface area contributed by atoms with E-state index in [1.807, 2.05) is 22.9 Å². The molecule has 1 atom stereocenters. The molecule has 0 spiro atoms. The van der Waals surface area contributed by atoms with E-state index in [2.05, 4.69) is 25.0 Å². The summed E-state index contributed by atoms with van der Waals surface area (Å²) < 4.78 is 7.29. The summed E-state index contributed by atoms with van der Waals surface area (Å²) in [6.45, 7) is 5.94. The van der Waals surface area contributed by atoms with E-state index < -0.39 is 6.10 Å². The summed E-state index contributed by atoms with van der Waals surface area (Å²) in [4.78, 5) is 0. The van der Waals surface area contributed by atoms with Crippen molar-refractivity contribution in [2.75, 3.05) is 7.11 Å². The average molecular weight is 274 g/mol. The number of aliphatic hydroxyl groups is 1. The largest absolute Gasteiger partial charge is 0.496 e. The zero-order valence-corrected chi connectivity index (χ0v) is 12.6. The molecule has 1 unspecified atom stereocenters. The second-order valence-electron chi connectivity index (χ2n) is 4.81. The van der Waals surface area contributed by atoms with Gasteiger partial charge in [0.15, 0.2) is 0 Å². The van der Waals surface area contributed by atoms with E-state index >= 15 is 0 Å². The molecule has 1 aromatic carbocycles. The van der Waals surface area contributed by atoms with E-state index in [0.717, 1.165) is 35.5 Å². The molecule has 2 rings (SSSR count). The van der Waals surface area contributed by atoms with Crippen LogP contribution in [0.5, 0.6) is 5.75 Å². The third-order valence-electron chi connectivity index (χ3n) is 3.47. The minimum absolute atomic E-state index is 0.611. The van der Waals surface area contributed by atoms with Gasteiger partial charge in [-0.1, -0.05) is 19.9 Å². The molecule has 0 bridgehead atoms. The first-order valence-electron chi connectivity index (χ1n) is 7.05. The Bertz CT molecular complexity index is 588. The Balaban J connectivity index is 2.65. The molecule has 20 heavy (non-hydrogen) atoms. The molecule has 4 heteroatoms. The molecule has 0 fully saturated rings. The Hall–Kier alpha value is -1.81. The van der Waals surface area contributed by atoms with Crippen molar-refractivity contribution in [2.45, 2.75) is 39.7 Å². The number of rotatable bonds is 5. The summed E-state index contributed by atoms with van der Waals surface area (Å²) in [6.07, 6.45) is 1.18. The summed E-state index contributed by atoms with van der Waals surface area (Å²) in [6, 6.07) is 7.87. The Labute approximate surface area is 120 Å². The molecule has 0 saturated carbocycles. The number of methoxy groups -OCH3 is 1. The quantitative estimate of drug-likeness (QED) is 0.911. The topological polar surface area (TPSA) is 47.3 Å². The fourth-order valence-electron chi connectivity index (χ4n) is 2.42. The zero-order valence-electron chi connectivity index (χ0n) is 12.6. The van der Waals surface area contributed by atoms with Crippen molar-refractivity contribution in [3.05, 3.63) is 41.2 Å². The number of hydrogen-bond donors (Lipinski definition) is 1. The van der Waals surface area contributed by atoms with Gasteiger partial charge < -0.3 is 9.84 Å². The summed E-state index contributed by atoms with van der Waals surface area (Å²) in [5, 5.41) is 14.7. The van der Waals surface area contributed by atoms with Gasteiger partial charge >= 0.3 is 0 Å². The maximum absolute atomic E-state index is 10.1. The molecular formula is C16H22N2O2. The van der Waals surface area contributed by atoms with Crippen molar-refractivity contribution in [2.24, 2.45) is 0 Å². The summed E-state index contributed by atoms with van der Waals surface area (Å²) in [5.74, 6) is 0.688. The van der Waals surface area contributed by atoms with Gasteiger partial charge in [-0.15, -0.1) is 0 Å². The first kappa shape index (κ1) is 14.6. The third-order valence-corrected chi connectivity index (χ3v) is 3.47. The highest BCUT2D eigenvalue weighted by molar-refractivity contribution is 5.51. The predicted octanol–water partition coefficient (Wildman–Crippen LogP) is 3.06. The van der Waals surface area contributed by atoms with Crippen LogP contribution in [0.1, 0.15) is 43.8 Å². The predicted molar refractivity (Wildman–Crippen MR) is 79.5 cm³/mol. The number of hydrogen-bond acceptors (Lipinski definition) is 3. The molecule has 0 amide bonds. The first-order chi connectivity index (χ1) is 9.62. The molecule has 1 N–H and O–H groups in total. The van der Waals surface area contributed by atoms with Crippen molar-refractivity contribution in [3.8, 4) is 11.4 Å². The first-order valence-corrected chi connectivity index (χ1v) is 7.05. The average Bonchev–Trinajstić information content (AvgIpc) is 2.89. The fraction of sp³-hybridized carbons (Fsp3) is 0.438. The highest BCUT2D eigenvalue weighted by atomic mass is 16.5. The van der Waals surface area contributed by atoms with E-state index in [1.165, 1.54) is 0 Å². The number of ether oxygens (including phenoxy) is 1. The fourth-order valence-corrected chi connectivity index (χ4v) is 2.42. The lowest BCUT2D eigenvalue weighted by Gasteiger charge is -2.17. The van der Waals surface area contributed by atoms with Gasteiger partial charge in [0.2, 0.25) is 0 Å². The van der Waals surface area contributed by atoms with Crippen LogP contribution in [0.4, 0.5) is 0 Å². The molecule has 0 aliphatic rings. The van der Waals surface area contributed by atoms with Crippen molar-refractivity contribution in [1.29, 1.82) is 0 Å². The Morgan fingerprint density at radius 2 is 2.05 bits per heavy atom. The van der Waals surface area contributed by atoms with Crippen LogP contribution < -0.4 is 4.74 Å². The van der Waals surface area contributed by atoms with Gasteiger partial charge in [-0.25, -0.2) is 4.68 Å². The van der Waals surface area contributed by atoms with Gasteiger partial charge in [0, 0.05) is 11.3 Å². The number of aryl methyl sites for hydroxylation is 2. The Kier molecular flexibility index (Phi) is 4.45. The van der Waals surface area contributed by atoms with Crippen molar-refractivity contribution in [1.82, 2.24) is 9.78 Å². The summed E-state index contributed by atoms with van der Waals surface area (Å²) >= 11 is 0. The second-order valence-corrected chi connectivity index (χ2v) is 4.81. The molecule has 2 aromatic rings. The molecule has 0 aliphatic carbocycles. The van der Waals surface area contributed by atoms with Gasteiger partial charge in [0.05, 0.1) is 24.6 Å². The molecule has 0 saturated heterocycles. The van der Waals surface area contributed by atoms with Gasteiger partial charge in [-0.05, 0) is 38.0 Å². The highest BCUT2D eigenvalue weighted by Crippen LogP contribution is 2.31. The lowest BCUT2D eigenvalue weighted by molar-refractivity contribution is 0.194. The van der Waals surface area contributed by atoms with Gasteiger partial charge in [-0.3, -0.25) is 0 Å². The molecule has 0 radical (unpaired) electrons. The summed E-state index contributed by atoms with van der Waals surface area (Å²) in [5.41, 5.74) is 3.85. The van der Waals surface area contributed by atoms with Crippen LogP contribution >= 0.6 is 0 Å². The van der Waals surface area contributed by atoms with Gasteiger partial charge in [0.1, 0.15) is 5.75 Å². The van der Waals surface area contributed by atoms with Crippen LogP contribution in [-0.2, 0) is 12.8 Å². The third kappa shape index (κ3) is 2.56. The monoisotopic (exact) mass is 274 g/mol. The summed E-state index contributed by atoms with van der Waals surface area (Å²) in [7, 11) is 1.62.